The lowest BCUT2D eigenvalue weighted by molar-refractivity contribution is -0.192. The first kappa shape index (κ1) is 34.1. The van der Waals surface area contributed by atoms with Gasteiger partial charge in [-0.3, -0.25) is 9.59 Å². The van der Waals surface area contributed by atoms with Crippen LogP contribution in [-0.4, -0.2) is 52.5 Å². The molecule has 0 spiro atoms. The fourth-order valence-electron chi connectivity index (χ4n) is 4.64. The minimum atomic E-state index is -4.64. The molecule has 16 heteroatoms. The first-order valence-electron chi connectivity index (χ1n) is 13.9. The van der Waals surface area contributed by atoms with Crippen molar-refractivity contribution in [2.45, 2.75) is 70.6 Å². The van der Waals surface area contributed by atoms with Gasteiger partial charge in [0.15, 0.2) is 0 Å². The standard InChI is InChI=1S/C29H31ClF7N5O3/c1-15(6-7-27(2,33)34)39-24(43)17-11-20-21(12-22(17)45-14-23(31)32)42(3)26(41-20)40-19-10-16(4-5-18(19)30)13-38-25(44)28(8-9-28)29(35,36)37/h4-5,10-12,15,23H,6-9,13-14H2,1-3H3,(H,38,44)(H,39,43)(H,40,41). The van der Waals surface area contributed by atoms with Crippen LogP contribution in [0.5, 0.6) is 5.75 Å². The highest BCUT2D eigenvalue weighted by Crippen LogP contribution is 2.57. The molecule has 1 saturated carbocycles. The Morgan fingerprint density at radius 1 is 1.13 bits per heavy atom. The molecule has 1 fully saturated rings. The molecular formula is C29H31ClF7N5O3. The van der Waals surface area contributed by atoms with Crippen LogP contribution in [0.15, 0.2) is 30.3 Å². The molecule has 1 aliphatic carbocycles. The number of benzene rings is 2. The number of imidazole rings is 1. The van der Waals surface area contributed by atoms with Gasteiger partial charge >= 0.3 is 6.18 Å². The molecule has 8 nitrogen and oxygen atoms in total. The summed E-state index contributed by atoms with van der Waals surface area (Å²) in [7, 11) is 1.59. The molecule has 3 aromatic rings. The number of carbonyl (C=O) groups excluding carboxylic acids is 2. The zero-order valence-corrected chi connectivity index (χ0v) is 25.2. The number of rotatable bonds is 13. The number of anilines is 2. The molecule has 1 aliphatic rings. The van der Waals surface area contributed by atoms with Gasteiger partial charge in [0.2, 0.25) is 17.8 Å². The van der Waals surface area contributed by atoms with E-state index < -0.39 is 54.8 Å². The predicted molar refractivity (Wildman–Crippen MR) is 153 cm³/mol. The second-order valence-electron chi connectivity index (χ2n) is 11.2. The summed E-state index contributed by atoms with van der Waals surface area (Å²) >= 11 is 6.34. The van der Waals surface area contributed by atoms with Crippen molar-refractivity contribution in [2.24, 2.45) is 12.5 Å². The number of nitrogens with zero attached hydrogens (tertiary/aromatic N) is 2. The van der Waals surface area contributed by atoms with E-state index in [9.17, 15) is 40.3 Å². The van der Waals surface area contributed by atoms with E-state index in [4.69, 9.17) is 16.3 Å². The van der Waals surface area contributed by atoms with E-state index >= 15 is 0 Å². The second kappa shape index (κ2) is 12.9. The van der Waals surface area contributed by atoms with Crippen molar-refractivity contribution in [3.8, 4) is 5.75 Å². The van der Waals surface area contributed by atoms with Crippen LogP contribution in [0.1, 0.15) is 55.5 Å². The Morgan fingerprint density at radius 3 is 2.42 bits per heavy atom. The normalized spacial score (nSPS) is 15.2. The summed E-state index contributed by atoms with van der Waals surface area (Å²) in [5.41, 5.74) is -1.12. The summed E-state index contributed by atoms with van der Waals surface area (Å²) in [5.74, 6) is -4.74. The summed E-state index contributed by atoms with van der Waals surface area (Å²) in [6.45, 7) is 1.10. The topological polar surface area (TPSA) is 97.3 Å². The number of hydrogen-bond acceptors (Lipinski definition) is 5. The van der Waals surface area contributed by atoms with Crippen LogP contribution in [0, 0.1) is 5.41 Å². The van der Waals surface area contributed by atoms with Gasteiger partial charge in [0.25, 0.3) is 12.3 Å². The Kier molecular flexibility index (Phi) is 9.81. The quantitative estimate of drug-likeness (QED) is 0.169. The van der Waals surface area contributed by atoms with E-state index in [2.05, 4.69) is 20.9 Å². The number of aromatic nitrogens is 2. The van der Waals surface area contributed by atoms with Gasteiger partial charge in [-0.15, -0.1) is 0 Å². The average Bonchev–Trinajstić information content (AvgIpc) is 3.72. The Bertz CT molecular complexity index is 1570. The van der Waals surface area contributed by atoms with Gasteiger partial charge in [-0.25, -0.2) is 22.5 Å². The third kappa shape index (κ3) is 8.10. The van der Waals surface area contributed by atoms with E-state index in [0.29, 0.717) is 16.8 Å². The maximum absolute atomic E-state index is 13.3. The Morgan fingerprint density at radius 2 is 1.82 bits per heavy atom. The summed E-state index contributed by atoms with van der Waals surface area (Å²) in [4.78, 5) is 29.8. The first-order valence-corrected chi connectivity index (χ1v) is 14.3. The summed E-state index contributed by atoms with van der Waals surface area (Å²) in [6.07, 6.45) is -8.51. The number of alkyl halides is 7. The lowest BCUT2D eigenvalue weighted by Crippen LogP contribution is -2.40. The molecule has 0 radical (unpaired) electrons. The zero-order chi connectivity index (χ0) is 33.3. The van der Waals surface area contributed by atoms with Crippen molar-refractivity contribution in [1.82, 2.24) is 20.2 Å². The molecule has 4 rings (SSSR count). The molecule has 1 unspecified atom stereocenters. The monoisotopic (exact) mass is 665 g/mol. The van der Waals surface area contributed by atoms with Crippen LogP contribution in [0.2, 0.25) is 5.02 Å². The number of carbonyl (C=O) groups is 2. The highest BCUT2D eigenvalue weighted by Gasteiger charge is 2.68. The number of hydrogen-bond donors (Lipinski definition) is 3. The third-order valence-corrected chi connectivity index (χ3v) is 7.77. The average molecular weight is 666 g/mol. The van der Waals surface area contributed by atoms with Gasteiger partial charge in [0.1, 0.15) is 17.8 Å². The molecule has 2 aromatic carbocycles. The molecule has 0 saturated heterocycles. The molecule has 1 heterocycles. The number of ether oxygens (including phenoxy) is 1. The third-order valence-electron chi connectivity index (χ3n) is 7.44. The smallest absolute Gasteiger partial charge is 0.403 e. The molecule has 1 atom stereocenters. The van der Waals surface area contributed by atoms with Gasteiger partial charge in [-0.05, 0) is 56.9 Å². The SMILES string of the molecule is CC(CCC(C)(F)F)NC(=O)c1cc2nc(Nc3cc(CNC(=O)C4(C(F)(F)F)CC4)ccc3Cl)n(C)c2cc1OCC(F)F. The van der Waals surface area contributed by atoms with E-state index in [1.165, 1.54) is 41.8 Å². The van der Waals surface area contributed by atoms with Gasteiger partial charge in [-0.1, -0.05) is 17.7 Å². The maximum Gasteiger partial charge on any atom is 0.403 e. The first-order chi connectivity index (χ1) is 20.9. The van der Waals surface area contributed by atoms with Gasteiger partial charge < -0.3 is 25.3 Å². The maximum atomic E-state index is 13.3. The molecule has 246 valence electrons. The molecule has 0 aliphatic heterocycles. The van der Waals surface area contributed by atoms with Crippen molar-refractivity contribution < 1.29 is 45.1 Å². The highest BCUT2D eigenvalue weighted by molar-refractivity contribution is 6.33. The number of nitrogens with one attached hydrogen (secondary N) is 3. The van der Waals surface area contributed by atoms with Gasteiger partial charge in [-0.2, -0.15) is 13.2 Å². The highest BCUT2D eigenvalue weighted by atomic mass is 35.5. The fraction of sp³-hybridized carbons (Fsp3) is 0.483. The van der Waals surface area contributed by atoms with Crippen LogP contribution in [0.3, 0.4) is 0 Å². The lowest BCUT2D eigenvalue weighted by Gasteiger charge is -2.18. The largest absolute Gasteiger partial charge is 0.487 e. The molecule has 0 bridgehead atoms. The van der Waals surface area contributed by atoms with Gasteiger partial charge in [0, 0.05) is 32.1 Å². The van der Waals surface area contributed by atoms with E-state index in [1.54, 1.807) is 7.05 Å². The number of aryl methyl sites for hydroxylation is 1. The van der Waals surface area contributed by atoms with Crippen molar-refractivity contribution in [2.75, 3.05) is 11.9 Å². The van der Waals surface area contributed by atoms with Crippen molar-refractivity contribution in [3.63, 3.8) is 0 Å². The fourth-order valence-corrected chi connectivity index (χ4v) is 4.80. The molecule has 1 aromatic heterocycles. The number of amides is 2. The van der Waals surface area contributed by atoms with Gasteiger partial charge in [0.05, 0.1) is 27.3 Å². The van der Waals surface area contributed by atoms with Crippen LogP contribution < -0.4 is 20.7 Å². The Hall–Kier alpha value is -3.75. The van der Waals surface area contributed by atoms with E-state index in [0.717, 1.165) is 6.92 Å². The predicted octanol–water partition coefficient (Wildman–Crippen LogP) is 7.13. The van der Waals surface area contributed by atoms with Crippen LogP contribution in [0.4, 0.5) is 42.4 Å². The van der Waals surface area contributed by atoms with E-state index in [-0.39, 0.29) is 53.6 Å². The van der Waals surface area contributed by atoms with Crippen molar-refractivity contribution in [3.05, 3.63) is 46.5 Å². The lowest BCUT2D eigenvalue weighted by atomic mass is 10.1. The minimum absolute atomic E-state index is 0.0327. The van der Waals surface area contributed by atoms with Crippen molar-refractivity contribution in [1.29, 1.82) is 0 Å². The van der Waals surface area contributed by atoms with Crippen LogP contribution in [-0.2, 0) is 18.4 Å². The minimum Gasteiger partial charge on any atom is -0.487 e. The second-order valence-corrected chi connectivity index (χ2v) is 11.6. The Labute approximate surface area is 258 Å². The van der Waals surface area contributed by atoms with E-state index in [1.807, 2.05) is 0 Å². The molecule has 2 amide bonds. The summed E-state index contributed by atoms with van der Waals surface area (Å²) in [6, 6.07) is 6.55. The Balaban J connectivity index is 1.56. The number of fused-ring (bicyclic) bond motifs is 1. The molecule has 45 heavy (non-hydrogen) atoms. The zero-order valence-electron chi connectivity index (χ0n) is 24.4. The van der Waals surface area contributed by atoms with Crippen LogP contribution in [0.25, 0.3) is 11.0 Å². The molecule has 3 N–H and O–H groups in total. The summed E-state index contributed by atoms with van der Waals surface area (Å²) < 4.78 is 99.1. The summed E-state index contributed by atoms with van der Waals surface area (Å²) in [5, 5.41) is 8.13. The molecular weight excluding hydrogens is 635 g/mol. The van der Waals surface area contributed by atoms with Crippen molar-refractivity contribution >= 4 is 46.1 Å². The van der Waals surface area contributed by atoms with Crippen LogP contribution >= 0.6 is 11.6 Å². The number of halogens is 8.